The second-order valence-corrected chi connectivity index (χ2v) is 5.87. The number of carbonyl (C=O) groups is 2. The summed E-state index contributed by atoms with van der Waals surface area (Å²) in [4.78, 5) is 24.7. The number of fused-ring (bicyclic) bond motifs is 1. The summed E-state index contributed by atoms with van der Waals surface area (Å²) in [5, 5.41) is 5.53. The fourth-order valence-electron chi connectivity index (χ4n) is 2.74. The van der Waals surface area contributed by atoms with Crippen LogP contribution in [-0.4, -0.2) is 31.1 Å². The van der Waals surface area contributed by atoms with Gasteiger partial charge in [0.25, 0.3) is 5.91 Å². The average molecular weight is 370 g/mol. The maximum Gasteiger partial charge on any atom is 0.266 e. The fourth-order valence-corrected chi connectivity index (χ4v) is 2.74. The van der Waals surface area contributed by atoms with Gasteiger partial charge in [-0.2, -0.15) is 0 Å². The first kappa shape index (κ1) is 18.6. The Bertz CT molecular complexity index is 837. The molecule has 2 aromatic rings. The van der Waals surface area contributed by atoms with Gasteiger partial charge in [-0.15, -0.1) is 0 Å². The van der Waals surface area contributed by atoms with E-state index in [1.165, 1.54) is 0 Å². The highest BCUT2D eigenvalue weighted by molar-refractivity contribution is 6.02. The van der Waals surface area contributed by atoms with Crippen molar-refractivity contribution >= 4 is 23.2 Å². The molecule has 0 fully saturated rings. The molecule has 142 valence electrons. The highest BCUT2D eigenvalue weighted by Crippen LogP contribution is 2.31. The molecule has 3 rings (SSSR count). The first-order valence-corrected chi connectivity index (χ1v) is 8.86. The van der Waals surface area contributed by atoms with Crippen molar-refractivity contribution in [1.29, 1.82) is 0 Å². The number of nitrogens with one attached hydrogen (secondary N) is 2. The van der Waals surface area contributed by atoms with Gasteiger partial charge in [0.05, 0.1) is 31.0 Å². The van der Waals surface area contributed by atoms with E-state index in [1.807, 2.05) is 13.8 Å². The van der Waals surface area contributed by atoms with Crippen molar-refractivity contribution < 1.29 is 23.8 Å². The largest absolute Gasteiger partial charge is 0.494 e. The number of para-hydroxylation sites is 2. The lowest BCUT2D eigenvalue weighted by atomic mass is 10.1. The fraction of sp³-hybridized carbons (Fsp3) is 0.300. The normalized spacial score (nSPS) is 15.2. The molecule has 0 radical (unpaired) electrons. The van der Waals surface area contributed by atoms with Crippen molar-refractivity contribution in [2.45, 2.75) is 26.4 Å². The standard InChI is InChI=1S/C20H22N2O5/c1-3-25-13-9-10-16(26-4-2)15(11-13)21-19(23)12-18-20(24)22-14-7-5-6-8-17(14)27-18/h5-11,18H,3-4,12H2,1-2H3,(H,21,23)(H,22,24)/t18-/m1/s1. The predicted octanol–water partition coefficient (Wildman–Crippen LogP) is 3.21. The van der Waals surface area contributed by atoms with Crippen molar-refractivity contribution in [3.05, 3.63) is 42.5 Å². The lowest BCUT2D eigenvalue weighted by Gasteiger charge is -2.25. The molecule has 0 aromatic heterocycles. The highest BCUT2D eigenvalue weighted by Gasteiger charge is 2.29. The van der Waals surface area contributed by atoms with Crippen LogP contribution in [0, 0.1) is 0 Å². The van der Waals surface area contributed by atoms with E-state index < -0.39 is 6.10 Å². The Labute approximate surface area is 157 Å². The lowest BCUT2D eigenvalue weighted by Crippen LogP contribution is -2.39. The summed E-state index contributed by atoms with van der Waals surface area (Å²) in [6.07, 6.45) is -1.02. The Morgan fingerprint density at radius 2 is 1.93 bits per heavy atom. The predicted molar refractivity (Wildman–Crippen MR) is 102 cm³/mol. The van der Waals surface area contributed by atoms with Crippen LogP contribution in [0.25, 0.3) is 0 Å². The molecule has 0 bridgehead atoms. The number of amides is 2. The van der Waals surface area contributed by atoms with Crippen LogP contribution in [0.4, 0.5) is 11.4 Å². The van der Waals surface area contributed by atoms with Gasteiger partial charge < -0.3 is 24.8 Å². The summed E-state index contributed by atoms with van der Waals surface area (Å²) in [7, 11) is 0. The maximum absolute atomic E-state index is 12.5. The van der Waals surface area contributed by atoms with Gasteiger partial charge in [-0.3, -0.25) is 9.59 Å². The van der Waals surface area contributed by atoms with E-state index >= 15 is 0 Å². The summed E-state index contributed by atoms with van der Waals surface area (Å²) in [5.74, 6) is 0.995. The Morgan fingerprint density at radius 3 is 2.70 bits per heavy atom. The Morgan fingerprint density at radius 1 is 1.15 bits per heavy atom. The minimum Gasteiger partial charge on any atom is -0.494 e. The molecule has 27 heavy (non-hydrogen) atoms. The Hall–Kier alpha value is -3.22. The minimum atomic E-state index is -0.898. The van der Waals surface area contributed by atoms with E-state index in [0.717, 1.165) is 0 Å². The van der Waals surface area contributed by atoms with Crippen LogP contribution in [0.15, 0.2) is 42.5 Å². The van der Waals surface area contributed by atoms with Gasteiger partial charge in [0, 0.05) is 6.07 Å². The molecule has 2 N–H and O–H groups in total. The average Bonchev–Trinajstić information content (AvgIpc) is 2.65. The molecule has 1 aliphatic rings. The quantitative estimate of drug-likeness (QED) is 0.782. The van der Waals surface area contributed by atoms with Gasteiger partial charge in [-0.1, -0.05) is 12.1 Å². The summed E-state index contributed by atoms with van der Waals surface area (Å²) < 4.78 is 16.7. The first-order valence-electron chi connectivity index (χ1n) is 8.86. The van der Waals surface area contributed by atoms with Crippen LogP contribution in [0.3, 0.4) is 0 Å². The molecule has 0 saturated heterocycles. The molecule has 1 atom stereocenters. The van der Waals surface area contributed by atoms with Gasteiger partial charge in [-0.05, 0) is 38.1 Å². The molecule has 0 spiro atoms. The van der Waals surface area contributed by atoms with Crippen LogP contribution in [0.1, 0.15) is 20.3 Å². The Kier molecular flexibility index (Phi) is 5.80. The molecule has 2 aromatic carbocycles. The van der Waals surface area contributed by atoms with E-state index in [0.29, 0.717) is 41.8 Å². The third kappa shape index (κ3) is 4.49. The first-order chi connectivity index (χ1) is 13.1. The number of hydrogen-bond acceptors (Lipinski definition) is 5. The molecule has 2 amide bonds. The smallest absolute Gasteiger partial charge is 0.266 e. The van der Waals surface area contributed by atoms with Crippen molar-refractivity contribution in [3.63, 3.8) is 0 Å². The third-order valence-electron chi connectivity index (χ3n) is 3.91. The minimum absolute atomic E-state index is 0.120. The SMILES string of the molecule is CCOc1ccc(OCC)c(NC(=O)C[C@H]2Oc3ccccc3NC2=O)c1. The number of rotatable bonds is 7. The topological polar surface area (TPSA) is 85.9 Å². The monoisotopic (exact) mass is 370 g/mol. The molecule has 0 aliphatic carbocycles. The maximum atomic E-state index is 12.5. The number of hydrogen-bond donors (Lipinski definition) is 2. The molecule has 7 heteroatoms. The zero-order chi connectivity index (χ0) is 19.2. The number of carbonyl (C=O) groups excluding carboxylic acids is 2. The van der Waals surface area contributed by atoms with Gasteiger partial charge in [0.15, 0.2) is 6.10 Å². The molecule has 7 nitrogen and oxygen atoms in total. The van der Waals surface area contributed by atoms with E-state index in [-0.39, 0.29) is 18.2 Å². The van der Waals surface area contributed by atoms with Gasteiger partial charge in [0.1, 0.15) is 17.2 Å². The van der Waals surface area contributed by atoms with Crippen LogP contribution < -0.4 is 24.8 Å². The zero-order valence-corrected chi connectivity index (χ0v) is 15.3. The number of ether oxygens (including phenoxy) is 3. The lowest BCUT2D eigenvalue weighted by molar-refractivity contribution is -0.128. The number of anilines is 2. The summed E-state index contributed by atoms with van der Waals surface area (Å²) in [5.41, 5.74) is 1.09. The van der Waals surface area contributed by atoms with Crippen molar-refractivity contribution in [1.82, 2.24) is 0 Å². The van der Waals surface area contributed by atoms with E-state index in [9.17, 15) is 9.59 Å². The van der Waals surface area contributed by atoms with Gasteiger partial charge in [0.2, 0.25) is 5.91 Å². The number of benzene rings is 2. The molecular weight excluding hydrogens is 348 g/mol. The summed E-state index contributed by atoms with van der Waals surface area (Å²) in [6, 6.07) is 12.3. The summed E-state index contributed by atoms with van der Waals surface area (Å²) in [6.45, 7) is 4.71. The second-order valence-electron chi connectivity index (χ2n) is 5.87. The van der Waals surface area contributed by atoms with Crippen LogP contribution >= 0.6 is 0 Å². The van der Waals surface area contributed by atoms with Crippen LogP contribution in [0.5, 0.6) is 17.2 Å². The van der Waals surface area contributed by atoms with Crippen LogP contribution in [0.2, 0.25) is 0 Å². The molecule has 0 saturated carbocycles. The summed E-state index contributed by atoms with van der Waals surface area (Å²) >= 11 is 0. The van der Waals surface area contributed by atoms with Crippen LogP contribution in [-0.2, 0) is 9.59 Å². The van der Waals surface area contributed by atoms with Gasteiger partial charge >= 0.3 is 0 Å². The van der Waals surface area contributed by atoms with Crippen molar-refractivity contribution in [2.75, 3.05) is 23.8 Å². The van der Waals surface area contributed by atoms with E-state index in [4.69, 9.17) is 14.2 Å². The molecular formula is C20H22N2O5. The highest BCUT2D eigenvalue weighted by atomic mass is 16.5. The molecule has 0 unspecified atom stereocenters. The Balaban J connectivity index is 1.70. The second kappa shape index (κ2) is 8.44. The van der Waals surface area contributed by atoms with E-state index in [1.54, 1.807) is 42.5 Å². The van der Waals surface area contributed by atoms with Gasteiger partial charge in [-0.25, -0.2) is 0 Å². The molecule has 1 heterocycles. The zero-order valence-electron chi connectivity index (χ0n) is 15.3. The van der Waals surface area contributed by atoms with Crippen molar-refractivity contribution in [3.8, 4) is 17.2 Å². The van der Waals surface area contributed by atoms with E-state index in [2.05, 4.69) is 10.6 Å². The molecule has 1 aliphatic heterocycles. The van der Waals surface area contributed by atoms with Crippen molar-refractivity contribution in [2.24, 2.45) is 0 Å². The third-order valence-corrected chi connectivity index (χ3v) is 3.91.